The van der Waals surface area contributed by atoms with E-state index in [1.54, 1.807) is 25.3 Å². The molecular weight excluding hydrogens is 294 g/mol. The number of rotatable bonds is 10. The number of aliphatic imine (C=N–C) groups is 1. The first-order valence-electron chi connectivity index (χ1n) is 8.32. The lowest BCUT2D eigenvalue weighted by atomic mass is 10.0. The molecule has 0 bridgehead atoms. The zero-order valence-corrected chi connectivity index (χ0v) is 14.8. The van der Waals surface area contributed by atoms with Crippen LogP contribution in [0.25, 0.3) is 0 Å². The summed E-state index contributed by atoms with van der Waals surface area (Å²) in [6.45, 7) is 11.3. The van der Waals surface area contributed by atoms with Gasteiger partial charge in [0.2, 0.25) is 0 Å². The molecule has 0 spiro atoms. The highest BCUT2D eigenvalue weighted by Gasteiger charge is 2.25. The summed E-state index contributed by atoms with van der Waals surface area (Å²) in [5, 5.41) is 16.8. The van der Waals surface area contributed by atoms with Crippen molar-refractivity contribution in [1.82, 2.24) is 10.6 Å². The van der Waals surface area contributed by atoms with Crippen molar-refractivity contribution < 1.29 is 14.3 Å². The van der Waals surface area contributed by atoms with Crippen molar-refractivity contribution in [3.63, 3.8) is 0 Å². The van der Waals surface area contributed by atoms with Crippen molar-refractivity contribution >= 4 is 5.96 Å². The van der Waals surface area contributed by atoms with Gasteiger partial charge in [0.15, 0.2) is 5.96 Å². The summed E-state index contributed by atoms with van der Waals surface area (Å²) >= 11 is 0. The van der Waals surface area contributed by atoms with Gasteiger partial charge in [-0.1, -0.05) is 13.8 Å². The predicted molar refractivity (Wildman–Crippen MR) is 92.5 cm³/mol. The molecule has 0 fully saturated rings. The Balaban J connectivity index is 2.38. The van der Waals surface area contributed by atoms with E-state index in [1.807, 2.05) is 6.92 Å². The standard InChI is InChI=1S/C17H31N3O3/c1-5-18-16(19-9-7-10-22-12-14(2)3)20-13-17(4,21)15-8-6-11-23-15/h6,8,11,14,21H,5,7,9-10,12-13H2,1-4H3,(H2,18,19,20). The van der Waals surface area contributed by atoms with Crippen LogP contribution in [0.2, 0.25) is 0 Å². The van der Waals surface area contributed by atoms with Gasteiger partial charge in [0.1, 0.15) is 11.4 Å². The zero-order chi connectivity index (χ0) is 17.1. The van der Waals surface area contributed by atoms with Gasteiger partial charge in [0.05, 0.1) is 12.8 Å². The average molecular weight is 325 g/mol. The van der Waals surface area contributed by atoms with Crippen LogP contribution in [0.5, 0.6) is 0 Å². The van der Waals surface area contributed by atoms with Crippen LogP contribution in [0.4, 0.5) is 0 Å². The van der Waals surface area contributed by atoms with Crippen molar-refractivity contribution in [2.45, 2.75) is 39.7 Å². The van der Waals surface area contributed by atoms with Crippen LogP contribution in [-0.2, 0) is 10.3 Å². The number of nitrogens with one attached hydrogen (secondary N) is 2. The molecule has 6 heteroatoms. The molecule has 23 heavy (non-hydrogen) atoms. The topological polar surface area (TPSA) is 79.0 Å². The van der Waals surface area contributed by atoms with Crippen molar-refractivity contribution in [1.29, 1.82) is 0 Å². The predicted octanol–water partition coefficient (Wildman–Crippen LogP) is 2.10. The third-order valence-corrected chi connectivity index (χ3v) is 3.15. The fraction of sp³-hybridized carbons (Fsp3) is 0.706. The molecule has 1 atom stereocenters. The quantitative estimate of drug-likeness (QED) is 0.349. The molecule has 0 aliphatic rings. The van der Waals surface area contributed by atoms with E-state index in [0.717, 1.165) is 32.7 Å². The Morgan fingerprint density at radius 2 is 2.22 bits per heavy atom. The molecule has 0 amide bonds. The molecule has 0 saturated carbocycles. The maximum Gasteiger partial charge on any atom is 0.191 e. The molecule has 0 aliphatic carbocycles. The number of nitrogens with zero attached hydrogens (tertiary/aromatic N) is 1. The highest BCUT2D eigenvalue weighted by Crippen LogP contribution is 2.20. The van der Waals surface area contributed by atoms with Crippen molar-refractivity contribution in [2.75, 3.05) is 32.8 Å². The minimum absolute atomic E-state index is 0.222. The van der Waals surface area contributed by atoms with E-state index in [0.29, 0.717) is 17.6 Å². The monoisotopic (exact) mass is 325 g/mol. The number of guanidine groups is 1. The number of hydrogen-bond donors (Lipinski definition) is 3. The van der Waals surface area contributed by atoms with E-state index >= 15 is 0 Å². The molecule has 0 radical (unpaired) electrons. The van der Waals surface area contributed by atoms with Gasteiger partial charge < -0.3 is 24.9 Å². The Morgan fingerprint density at radius 3 is 2.83 bits per heavy atom. The van der Waals surface area contributed by atoms with E-state index < -0.39 is 5.60 Å². The first-order chi connectivity index (χ1) is 11.0. The molecule has 0 aliphatic heterocycles. The molecule has 3 N–H and O–H groups in total. The van der Waals surface area contributed by atoms with Crippen LogP contribution in [0.1, 0.15) is 39.9 Å². The number of aliphatic hydroxyl groups is 1. The molecule has 1 aromatic rings. The van der Waals surface area contributed by atoms with Crippen LogP contribution < -0.4 is 10.6 Å². The summed E-state index contributed by atoms with van der Waals surface area (Å²) in [7, 11) is 0. The largest absolute Gasteiger partial charge is 0.466 e. The Bertz CT molecular complexity index is 442. The number of hydrogen-bond acceptors (Lipinski definition) is 4. The molecule has 0 saturated heterocycles. The minimum Gasteiger partial charge on any atom is -0.466 e. The normalized spacial score (nSPS) is 14.8. The van der Waals surface area contributed by atoms with E-state index in [2.05, 4.69) is 29.5 Å². The van der Waals surface area contributed by atoms with Gasteiger partial charge in [-0.2, -0.15) is 0 Å². The summed E-state index contributed by atoms with van der Waals surface area (Å²) in [5.74, 6) is 1.76. The zero-order valence-electron chi connectivity index (χ0n) is 14.8. The fourth-order valence-corrected chi connectivity index (χ4v) is 1.94. The second kappa shape index (κ2) is 10.3. The lowest BCUT2D eigenvalue weighted by Gasteiger charge is -2.19. The Kier molecular flexibility index (Phi) is 8.73. The second-order valence-corrected chi connectivity index (χ2v) is 6.20. The van der Waals surface area contributed by atoms with Crippen molar-refractivity contribution in [2.24, 2.45) is 10.9 Å². The van der Waals surface area contributed by atoms with E-state index in [1.165, 1.54) is 0 Å². The van der Waals surface area contributed by atoms with E-state index in [4.69, 9.17) is 9.15 Å². The second-order valence-electron chi connectivity index (χ2n) is 6.20. The highest BCUT2D eigenvalue weighted by atomic mass is 16.5. The SMILES string of the molecule is CCNC(=NCC(C)(O)c1ccco1)NCCCOCC(C)C. The van der Waals surface area contributed by atoms with Gasteiger partial charge in [-0.05, 0) is 38.3 Å². The maximum atomic E-state index is 10.4. The van der Waals surface area contributed by atoms with Crippen molar-refractivity contribution in [3.05, 3.63) is 24.2 Å². The van der Waals surface area contributed by atoms with Crippen LogP contribution in [0.15, 0.2) is 27.8 Å². The van der Waals surface area contributed by atoms with Crippen LogP contribution in [0.3, 0.4) is 0 Å². The maximum absolute atomic E-state index is 10.4. The minimum atomic E-state index is -1.12. The van der Waals surface area contributed by atoms with Gasteiger partial charge in [-0.15, -0.1) is 0 Å². The van der Waals surface area contributed by atoms with E-state index in [9.17, 15) is 5.11 Å². The summed E-state index contributed by atoms with van der Waals surface area (Å²) in [4.78, 5) is 4.43. The lowest BCUT2D eigenvalue weighted by molar-refractivity contribution is 0.0437. The fourth-order valence-electron chi connectivity index (χ4n) is 1.94. The molecule has 132 valence electrons. The highest BCUT2D eigenvalue weighted by molar-refractivity contribution is 5.79. The smallest absolute Gasteiger partial charge is 0.191 e. The van der Waals surface area contributed by atoms with Crippen LogP contribution >= 0.6 is 0 Å². The Labute approximate surface area is 139 Å². The third-order valence-electron chi connectivity index (χ3n) is 3.15. The van der Waals surface area contributed by atoms with E-state index in [-0.39, 0.29) is 6.54 Å². The molecule has 0 aromatic carbocycles. The van der Waals surface area contributed by atoms with Gasteiger partial charge in [-0.25, -0.2) is 4.99 Å². The summed E-state index contributed by atoms with van der Waals surface area (Å²) in [6, 6.07) is 3.51. The molecule has 6 nitrogen and oxygen atoms in total. The van der Waals surface area contributed by atoms with Gasteiger partial charge in [0.25, 0.3) is 0 Å². The molecule has 1 unspecified atom stereocenters. The number of ether oxygens (including phenoxy) is 1. The van der Waals surface area contributed by atoms with Crippen molar-refractivity contribution in [3.8, 4) is 0 Å². The third kappa shape index (κ3) is 8.04. The van der Waals surface area contributed by atoms with Crippen LogP contribution in [0, 0.1) is 5.92 Å². The molecule has 1 aromatic heterocycles. The summed E-state index contributed by atoms with van der Waals surface area (Å²) < 4.78 is 10.8. The number of furan rings is 1. The first-order valence-corrected chi connectivity index (χ1v) is 8.32. The molecule has 1 heterocycles. The average Bonchev–Trinajstić information content (AvgIpc) is 3.03. The van der Waals surface area contributed by atoms with Crippen LogP contribution in [-0.4, -0.2) is 43.9 Å². The first kappa shape index (κ1) is 19.5. The summed E-state index contributed by atoms with van der Waals surface area (Å²) in [6.07, 6.45) is 2.46. The van der Waals surface area contributed by atoms with Gasteiger partial charge in [-0.3, -0.25) is 0 Å². The molecular formula is C17H31N3O3. The lowest BCUT2D eigenvalue weighted by Crippen LogP contribution is -2.39. The van der Waals surface area contributed by atoms with Gasteiger partial charge >= 0.3 is 0 Å². The summed E-state index contributed by atoms with van der Waals surface area (Å²) in [5.41, 5.74) is -1.12. The molecule has 1 rings (SSSR count). The van der Waals surface area contributed by atoms with Gasteiger partial charge in [0, 0.05) is 26.3 Å². The Hall–Kier alpha value is -1.53. The Morgan fingerprint density at radius 1 is 1.43 bits per heavy atom.